The van der Waals surface area contributed by atoms with Crippen LogP contribution in [0.5, 0.6) is 0 Å². The van der Waals surface area contributed by atoms with Crippen LogP contribution >= 0.6 is 0 Å². The lowest BCUT2D eigenvalue weighted by Crippen LogP contribution is -2.52. The molecule has 1 fully saturated rings. The van der Waals surface area contributed by atoms with Crippen molar-refractivity contribution in [3.63, 3.8) is 0 Å². The van der Waals surface area contributed by atoms with Crippen molar-refractivity contribution in [3.8, 4) is 0 Å². The van der Waals surface area contributed by atoms with Crippen molar-refractivity contribution in [2.24, 2.45) is 5.92 Å². The predicted molar refractivity (Wildman–Crippen MR) is 59.5 cm³/mol. The van der Waals surface area contributed by atoms with E-state index in [0.29, 0.717) is 18.5 Å². The van der Waals surface area contributed by atoms with Crippen molar-refractivity contribution in [3.05, 3.63) is 0 Å². The first-order valence-electron chi connectivity index (χ1n) is 5.82. The zero-order chi connectivity index (χ0) is 11.3. The summed E-state index contributed by atoms with van der Waals surface area (Å²) in [7, 11) is 0. The number of carbonyl (C=O) groups excluding carboxylic acids is 1. The maximum Gasteiger partial charge on any atom is 0.234 e. The van der Waals surface area contributed by atoms with E-state index in [2.05, 4.69) is 24.1 Å². The average molecular weight is 214 g/mol. The molecule has 0 aliphatic carbocycles. The number of aliphatic hydroxyl groups excluding tert-OH is 1. The molecule has 0 aromatic heterocycles. The third-order valence-electron chi connectivity index (χ3n) is 3.01. The molecule has 15 heavy (non-hydrogen) atoms. The number of aliphatic hydroxyl groups is 1. The minimum Gasteiger partial charge on any atom is -0.396 e. The molecule has 0 radical (unpaired) electrons. The monoisotopic (exact) mass is 214 g/mol. The minimum atomic E-state index is 0.111. The van der Waals surface area contributed by atoms with Crippen molar-refractivity contribution in [1.82, 2.24) is 10.2 Å². The molecule has 2 N–H and O–H groups in total. The van der Waals surface area contributed by atoms with Gasteiger partial charge in [-0.1, -0.05) is 13.8 Å². The van der Waals surface area contributed by atoms with E-state index in [9.17, 15) is 4.79 Å². The molecule has 4 nitrogen and oxygen atoms in total. The Morgan fingerprint density at radius 1 is 1.47 bits per heavy atom. The van der Waals surface area contributed by atoms with E-state index < -0.39 is 0 Å². The molecule has 1 aliphatic rings. The Kier molecular flexibility index (Phi) is 5.05. The standard InChI is InChI=1S/C11H22N2O2/c1-3-10(4-2)12-11(15)7-13-5-9(6-13)8-14/h9-10,14H,3-8H2,1-2H3,(H,12,15). The lowest BCUT2D eigenvalue weighted by atomic mass is 10.0. The van der Waals surface area contributed by atoms with Gasteiger partial charge in [-0.3, -0.25) is 9.69 Å². The molecule has 1 aliphatic heterocycles. The summed E-state index contributed by atoms with van der Waals surface area (Å²) >= 11 is 0. The van der Waals surface area contributed by atoms with Crippen LogP contribution in [0.4, 0.5) is 0 Å². The summed E-state index contributed by atoms with van der Waals surface area (Å²) in [5, 5.41) is 11.8. The highest BCUT2D eigenvalue weighted by Crippen LogP contribution is 2.13. The SMILES string of the molecule is CCC(CC)NC(=O)CN1CC(CO)C1. The molecule has 0 spiro atoms. The van der Waals surface area contributed by atoms with Crippen LogP contribution in [0, 0.1) is 5.92 Å². The number of likely N-dealkylation sites (tertiary alicyclic amines) is 1. The number of nitrogens with zero attached hydrogens (tertiary/aromatic N) is 1. The molecule has 1 rings (SSSR count). The number of hydrogen-bond acceptors (Lipinski definition) is 3. The second-order valence-corrected chi connectivity index (χ2v) is 4.32. The van der Waals surface area contributed by atoms with Gasteiger partial charge in [0.25, 0.3) is 0 Å². The Balaban J connectivity index is 2.14. The molecule has 0 aromatic rings. The molecule has 1 saturated heterocycles. The summed E-state index contributed by atoms with van der Waals surface area (Å²) in [6.45, 7) is 6.59. The first kappa shape index (κ1) is 12.5. The van der Waals surface area contributed by atoms with E-state index in [1.165, 1.54) is 0 Å². The van der Waals surface area contributed by atoms with E-state index in [1.807, 2.05) is 0 Å². The van der Waals surface area contributed by atoms with Gasteiger partial charge < -0.3 is 10.4 Å². The van der Waals surface area contributed by atoms with Crippen LogP contribution in [0.15, 0.2) is 0 Å². The van der Waals surface area contributed by atoms with E-state index in [-0.39, 0.29) is 12.5 Å². The number of carbonyl (C=O) groups is 1. The third kappa shape index (κ3) is 3.80. The second kappa shape index (κ2) is 6.08. The van der Waals surface area contributed by atoms with Gasteiger partial charge >= 0.3 is 0 Å². The van der Waals surface area contributed by atoms with Gasteiger partial charge in [-0.2, -0.15) is 0 Å². The van der Waals surface area contributed by atoms with E-state index in [0.717, 1.165) is 25.9 Å². The smallest absolute Gasteiger partial charge is 0.234 e. The van der Waals surface area contributed by atoms with Gasteiger partial charge in [0.05, 0.1) is 6.54 Å². The maximum atomic E-state index is 11.6. The quantitative estimate of drug-likeness (QED) is 0.665. The van der Waals surface area contributed by atoms with E-state index in [4.69, 9.17) is 5.11 Å². The topological polar surface area (TPSA) is 52.6 Å². The van der Waals surface area contributed by atoms with Gasteiger partial charge in [-0.05, 0) is 12.8 Å². The van der Waals surface area contributed by atoms with Crippen LogP contribution in [-0.2, 0) is 4.79 Å². The van der Waals surface area contributed by atoms with Crippen molar-refractivity contribution >= 4 is 5.91 Å². The fourth-order valence-electron chi connectivity index (χ4n) is 1.89. The molecule has 0 bridgehead atoms. The largest absolute Gasteiger partial charge is 0.396 e. The number of hydrogen-bond donors (Lipinski definition) is 2. The number of nitrogens with one attached hydrogen (secondary N) is 1. The number of rotatable bonds is 6. The summed E-state index contributed by atoms with van der Waals surface area (Å²) in [6, 6.07) is 0.312. The molecule has 0 atom stereocenters. The van der Waals surface area contributed by atoms with Gasteiger partial charge in [0.1, 0.15) is 0 Å². The summed E-state index contributed by atoms with van der Waals surface area (Å²) < 4.78 is 0. The Hall–Kier alpha value is -0.610. The first-order chi connectivity index (χ1) is 7.19. The van der Waals surface area contributed by atoms with Gasteiger partial charge in [0, 0.05) is 31.7 Å². The first-order valence-corrected chi connectivity index (χ1v) is 5.82. The lowest BCUT2D eigenvalue weighted by molar-refractivity contribution is -0.124. The molecular weight excluding hydrogens is 192 g/mol. The molecule has 0 aromatic carbocycles. The van der Waals surface area contributed by atoms with Crippen LogP contribution in [0.3, 0.4) is 0 Å². The summed E-state index contributed by atoms with van der Waals surface area (Å²) in [6.07, 6.45) is 1.98. The van der Waals surface area contributed by atoms with Crippen molar-refractivity contribution < 1.29 is 9.90 Å². The maximum absolute atomic E-state index is 11.6. The van der Waals surface area contributed by atoms with Crippen LogP contribution in [-0.4, -0.2) is 48.2 Å². The van der Waals surface area contributed by atoms with Crippen LogP contribution in [0.1, 0.15) is 26.7 Å². The molecular formula is C11H22N2O2. The van der Waals surface area contributed by atoms with Crippen LogP contribution in [0.25, 0.3) is 0 Å². The zero-order valence-electron chi connectivity index (χ0n) is 9.70. The van der Waals surface area contributed by atoms with Gasteiger partial charge in [0.2, 0.25) is 5.91 Å². The second-order valence-electron chi connectivity index (χ2n) is 4.32. The van der Waals surface area contributed by atoms with Gasteiger partial charge in [-0.15, -0.1) is 0 Å². The number of amides is 1. The highest BCUT2D eigenvalue weighted by Gasteiger charge is 2.27. The highest BCUT2D eigenvalue weighted by molar-refractivity contribution is 5.78. The minimum absolute atomic E-state index is 0.111. The van der Waals surface area contributed by atoms with Crippen LogP contribution in [0.2, 0.25) is 0 Å². The van der Waals surface area contributed by atoms with Crippen molar-refractivity contribution in [1.29, 1.82) is 0 Å². The van der Waals surface area contributed by atoms with E-state index >= 15 is 0 Å². The highest BCUT2D eigenvalue weighted by atomic mass is 16.3. The average Bonchev–Trinajstić information content (AvgIpc) is 2.19. The zero-order valence-corrected chi connectivity index (χ0v) is 9.70. The Bertz CT molecular complexity index is 199. The molecule has 0 saturated carbocycles. The van der Waals surface area contributed by atoms with E-state index in [1.54, 1.807) is 0 Å². The Morgan fingerprint density at radius 3 is 2.53 bits per heavy atom. The van der Waals surface area contributed by atoms with Crippen molar-refractivity contribution in [2.75, 3.05) is 26.2 Å². The lowest BCUT2D eigenvalue weighted by Gasteiger charge is -2.37. The van der Waals surface area contributed by atoms with Gasteiger partial charge in [0.15, 0.2) is 0 Å². The fourth-order valence-corrected chi connectivity index (χ4v) is 1.89. The summed E-state index contributed by atoms with van der Waals surface area (Å²) in [4.78, 5) is 13.6. The Labute approximate surface area is 91.6 Å². The van der Waals surface area contributed by atoms with Gasteiger partial charge in [-0.25, -0.2) is 0 Å². The predicted octanol–water partition coefficient (Wildman–Crippen LogP) is 0.215. The third-order valence-corrected chi connectivity index (χ3v) is 3.01. The molecule has 4 heteroatoms. The Morgan fingerprint density at radius 2 is 2.07 bits per heavy atom. The normalized spacial score (nSPS) is 17.9. The molecule has 0 unspecified atom stereocenters. The fraction of sp³-hybridized carbons (Fsp3) is 0.909. The molecule has 1 heterocycles. The summed E-state index contributed by atoms with van der Waals surface area (Å²) in [5.74, 6) is 0.492. The molecule has 88 valence electrons. The van der Waals surface area contributed by atoms with Crippen LogP contribution < -0.4 is 5.32 Å². The molecule has 1 amide bonds. The summed E-state index contributed by atoms with van der Waals surface area (Å²) in [5.41, 5.74) is 0. The van der Waals surface area contributed by atoms with Crippen molar-refractivity contribution in [2.45, 2.75) is 32.7 Å².